The molecule has 4 rings (SSSR count). The van der Waals surface area contributed by atoms with Crippen molar-refractivity contribution in [2.24, 2.45) is 0 Å². The number of aromatic nitrogens is 1. The van der Waals surface area contributed by atoms with Crippen LogP contribution in [0.3, 0.4) is 0 Å². The first kappa shape index (κ1) is 17.7. The van der Waals surface area contributed by atoms with E-state index in [0.717, 1.165) is 16.7 Å². The number of pyridine rings is 1. The second-order valence-electron chi connectivity index (χ2n) is 6.64. The Labute approximate surface area is 160 Å². The number of rotatable bonds is 3. The van der Waals surface area contributed by atoms with Gasteiger partial charge in [-0.05, 0) is 42.3 Å². The lowest BCUT2D eigenvalue weighted by Crippen LogP contribution is -2.17. The summed E-state index contributed by atoms with van der Waals surface area (Å²) in [4.78, 5) is 27.6. The van der Waals surface area contributed by atoms with Gasteiger partial charge in [0, 0.05) is 22.7 Å². The fourth-order valence-electron chi connectivity index (χ4n) is 3.14. The van der Waals surface area contributed by atoms with E-state index < -0.39 is 11.7 Å². The Morgan fingerprint density at radius 2 is 1.68 bits per heavy atom. The third kappa shape index (κ3) is 3.55. The van der Waals surface area contributed by atoms with Crippen molar-refractivity contribution < 1.29 is 9.18 Å². The highest BCUT2D eigenvalue weighted by atomic mass is 19.1. The van der Waals surface area contributed by atoms with Gasteiger partial charge in [-0.3, -0.25) is 9.59 Å². The Hall–Kier alpha value is -3.73. The second kappa shape index (κ2) is 7.12. The average Bonchev–Trinajstić information content (AvgIpc) is 2.67. The Bertz CT molecular complexity index is 1240. The number of carbonyl (C=O) groups excluding carboxylic acids is 1. The first-order chi connectivity index (χ1) is 13.5. The van der Waals surface area contributed by atoms with Crippen molar-refractivity contribution in [2.45, 2.75) is 6.92 Å². The number of hydrogen-bond acceptors (Lipinski definition) is 2. The minimum absolute atomic E-state index is 0.235. The molecule has 0 bridgehead atoms. The molecule has 0 atom stereocenters. The van der Waals surface area contributed by atoms with Crippen LogP contribution in [-0.4, -0.2) is 10.9 Å². The molecule has 0 unspecified atom stereocenters. The van der Waals surface area contributed by atoms with E-state index in [2.05, 4.69) is 10.3 Å². The Morgan fingerprint density at radius 3 is 2.43 bits per heavy atom. The topological polar surface area (TPSA) is 62.0 Å². The summed E-state index contributed by atoms with van der Waals surface area (Å²) in [5.41, 5.74) is 3.86. The van der Waals surface area contributed by atoms with E-state index in [-0.39, 0.29) is 11.1 Å². The molecule has 138 valence electrons. The molecular formula is C23H17FN2O2. The standard InChI is InChI=1S/C23H17FN2O2/c1-14-5-7-15(8-6-14)16-9-10-19-20(13-22(27)26-21(19)11-16)23(28)25-18-4-2-3-17(24)12-18/h2-13H,1H3,(H,25,28)(H,26,27). The predicted molar refractivity (Wildman–Crippen MR) is 109 cm³/mol. The molecule has 0 radical (unpaired) electrons. The lowest BCUT2D eigenvalue weighted by atomic mass is 10.0. The third-order valence-electron chi connectivity index (χ3n) is 4.56. The Kier molecular flexibility index (Phi) is 4.49. The summed E-state index contributed by atoms with van der Waals surface area (Å²) < 4.78 is 13.4. The smallest absolute Gasteiger partial charge is 0.256 e. The average molecular weight is 372 g/mol. The van der Waals surface area contributed by atoms with Gasteiger partial charge in [-0.15, -0.1) is 0 Å². The molecule has 0 saturated carbocycles. The van der Waals surface area contributed by atoms with E-state index in [1.54, 1.807) is 12.1 Å². The molecule has 3 aromatic carbocycles. The van der Waals surface area contributed by atoms with Gasteiger partial charge in [0.25, 0.3) is 5.91 Å². The highest BCUT2D eigenvalue weighted by molar-refractivity contribution is 6.12. The number of aromatic amines is 1. The molecule has 1 amide bonds. The highest BCUT2D eigenvalue weighted by Gasteiger charge is 2.13. The van der Waals surface area contributed by atoms with Crippen LogP contribution >= 0.6 is 0 Å². The summed E-state index contributed by atoms with van der Waals surface area (Å²) in [5, 5.41) is 3.25. The Morgan fingerprint density at radius 1 is 0.929 bits per heavy atom. The zero-order chi connectivity index (χ0) is 19.7. The van der Waals surface area contributed by atoms with Gasteiger partial charge in [0.05, 0.1) is 5.56 Å². The molecule has 0 spiro atoms. The molecule has 0 saturated heterocycles. The third-order valence-corrected chi connectivity index (χ3v) is 4.56. The van der Waals surface area contributed by atoms with E-state index >= 15 is 0 Å². The van der Waals surface area contributed by atoms with Gasteiger partial charge < -0.3 is 10.3 Å². The summed E-state index contributed by atoms with van der Waals surface area (Å²) in [6, 6.07) is 20.5. The predicted octanol–water partition coefficient (Wildman–Crippen LogP) is 4.89. The fourth-order valence-corrected chi connectivity index (χ4v) is 3.14. The van der Waals surface area contributed by atoms with Gasteiger partial charge >= 0.3 is 0 Å². The van der Waals surface area contributed by atoms with Crippen molar-refractivity contribution in [3.8, 4) is 11.1 Å². The van der Waals surface area contributed by atoms with Crippen molar-refractivity contribution in [2.75, 3.05) is 5.32 Å². The molecule has 28 heavy (non-hydrogen) atoms. The Balaban J connectivity index is 1.75. The van der Waals surface area contributed by atoms with Crippen LogP contribution in [0.4, 0.5) is 10.1 Å². The number of aryl methyl sites for hydroxylation is 1. The van der Waals surface area contributed by atoms with Gasteiger partial charge in [-0.1, -0.05) is 48.0 Å². The van der Waals surface area contributed by atoms with Crippen molar-refractivity contribution in [3.63, 3.8) is 0 Å². The number of hydrogen-bond donors (Lipinski definition) is 2. The number of anilines is 1. The summed E-state index contributed by atoms with van der Waals surface area (Å²) >= 11 is 0. The van der Waals surface area contributed by atoms with Gasteiger partial charge in [0.15, 0.2) is 0 Å². The number of carbonyl (C=O) groups is 1. The molecular weight excluding hydrogens is 355 g/mol. The second-order valence-corrected chi connectivity index (χ2v) is 6.64. The monoisotopic (exact) mass is 372 g/mol. The van der Waals surface area contributed by atoms with Gasteiger partial charge in [0.1, 0.15) is 5.82 Å². The van der Waals surface area contributed by atoms with Crippen LogP contribution in [-0.2, 0) is 0 Å². The maximum Gasteiger partial charge on any atom is 0.256 e. The minimum Gasteiger partial charge on any atom is -0.322 e. The lowest BCUT2D eigenvalue weighted by Gasteiger charge is -2.10. The van der Waals surface area contributed by atoms with Gasteiger partial charge in [-0.25, -0.2) is 4.39 Å². The molecule has 0 aliphatic heterocycles. The van der Waals surface area contributed by atoms with Gasteiger partial charge in [0.2, 0.25) is 5.56 Å². The molecule has 1 heterocycles. The maximum atomic E-state index is 13.4. The van der Waals surface area contributed by atoms with E-state index in [4.69, 9.17) is 0 Å². The van der Waals surface area contributed by atoms with Crippen LogP contribution in [0.5, 0.6) is 0 Å². The quantitative estimate of drug-likeness (QED) is 0.538. The number of fused-ring (bicyclic) bond motifs is 1. The van der Waals surface area contributed by atoms with E-state index in [0.29, 0.717) is 16.6 Å². The molecule has 5 heteroatoms. The number of nitrogens with one attached hydrogen (secondary N) is 2. The molecule has 0 aliphatic rings. The summed E-state index contributed by atoms with van der Waals surface area (Å²) in [7, 11) is 0. The number of halogens is 1. The van der Waals surface area contributed by atoms with Crippen LogP contribution < -0.4 is 10.9 Å². The number of benzene rings is 3. The van der Waals surface area contributed by atoms with Crippen LogP contribution in [0.25, 0.3) is 22.0 Å². The molecule has 0 fully saturated rings. The van der Waals surface area contributed by atoms with Crippen molar-refractivity contribution >= 4 is 22.5 Å². The zero-order valence-electron chi connectivity index (χ0n) is 15.1. The van der Waals surface area contributed by atoms with Crippen molar-refractivity contribution in [1.82, 2.24) is 4.98 Å². The largest absolute Gasteiger partial charge is 0.322 e. The van der Waals surface area contributed by atoms with E-state index in [9.17, 15) is 14.0 Å². The number of H-pyrrole nitrogens is 1. The van der Waals surface area contributed by atoms with Crippen molar-refractivity contribution in [1.29, 1.82) is 0 Å². The first-order valence-corrected chi connectivity index (χ1v) is 8.81. The van der Waals surface area contributed by atoms with E-state index in [1.807, 2.05) is 43.3 Å². The van der Waals surface area contributed by atoms with Crippen LogP contribution in [0.15, 0.2) is 77.6 Å². The highest BCUT2D eigenvalue weighted by Crippen LogP contribution is 2.25. The minimum atomic E-state index is -0.468. The fraction of sp³-hybridized carbons (Fsp3) is 0.0435. The summed E-state index contributed by atoms with van der Waals surface area (Å²) in [6.45, 7) is 2.02. The first-order valence-electron chi connectivity index (χ1n) is 8.81. The maximum absolute atomic E-state index is 13.4. The lowest BCUT2D eigenvalue weighted by molar-refractivity contribution is 0.102. The molecule has 4 nitrogen and oxygen atoms in total. The van der Waals surface area contributed by atoms with Gasteiger partial charge in [-0.2, -0.15) is 0 Å². The van der Waals surface area contributed by atoms with Crippen LogP contribution in [0.2, 0.25) is 0 Å². The summed E-state index contributed by atoms with van der Waals surface area (Å²) in [5.74, 6) is -0.916. The van der Waals surface area contributed by atoms with Crippen LogP contribution in [0.1, 0.15) is 15.9 Å². The van der Waals surface area contributed by atoms with E-state index in [1.165, 1.54) is 24.3 Å². The van der Waals surface area contributed by atoms with Crippen LogP contribution in [0, 0.1) is 12.7 Å². The SMILES string of the molecule is Cc1ccc(-c2ccc3c(C(=O)Nc4cccc(F)c4)cc(=O)[nH]c3c2)cc1. The molecule has 0 aliphatic carbocycles. The number of amides is 1. The molecule has 4 aromatic rings. The molecule has 2 N–H and O–H groups in total. The van der Waals surface area contributed by atoms with Crippen molar-refractivity contribution in [3.05, 3.63) is 100 Å². The zero-order valence-corrected chi connectivity index (χ0v) is 15.1. The normalized spacial score (nSPS) is 10.8. The summed E-state index contributed by atoms with van der Waals surface area (Å²) in [6.07, 6.45) is 0. The molecule has 1 aromatic heterocycles.